The lowest BCUT2D eigenvalue weighted by atomic mass is 10.1. The molecule has 1 N–H and O–H groups in total. The predicted octanol–water partition coefficient (Wildman–Crippen LogP) is 9.98. The van der Waals surface area contributed by atoms with Crippen LogP contribution in [0.3, 0.4) is 0 Å². The van der Waals surface area contributed by atoms with E-state index in [4.69, 9.17) is 5.11 Å². The van der Waals surface area contributed by atoms with Gasteiger partial charge in [-0.25, -0.2) is 0 Å². The molecular formula is C32H60NO2S+. The topological polar surface area (TPSA) is 37.3 Å². The first-order valence-corrected chi connectivity index (χ1v) is 15.7. The van der Waals surface area contributed by atoms with Crippen molar-refractivity contribution in [2.45, 2.75) is 136 Å². The molecule has 4 heteroatoms. The molecule has 1 rings (SSSR count). The molecule has 1 aromatic carbocycles. The molecule has 210 valence electrons. The fraction of sp³-hybridized carbons (Fsp3) is 0.781. The summed E-state index contributed by atoms with van der Waals surface area (Å²) in [5.74, 6) is -0.0255. The number of rotatable bonds is 22. The summed E-state index contributed by atoms with van der Waals surface area (Å²) < 4.78 is 1.36. The van der Waals surface area contributed by atoms with E-state index in [0.717, 1.165) is 0 Å². The molecule has 0 saturated carbocycles. The van der Waals surface area contributed by atoms with E-state index in [1.54, 1.807) is 12.1 Å². The Hall–Kier alpha value is -1.00. The Balaban J connectivity index is 0.00000101. The maximum absolute atomic E-state index is 10.6. The van der Waals surface area contributed by atoms with E-state index in [1.165, 1.54) is 152 Å². The number of thiol groups is 1. The van der Waals surface area contributed by atoms with Crippen LogP contribution in [0.2, 0.25) is 0 Å². The highest BCUT2D eigenvalue weighted by atomic mass is 32.1. The van der Waals surface area contributed by atoms with Crippen molar-refractivity contribution in [1.82, 2.24) is 0 Å². The van der Waals surface area contributed by atoms with Gasteiger partial charge in [-0.1, -0.05) is 110 Å². The number of carbonyl (C=O) groups is 1. The largest absolute Gasteiger partial charge is 0.507 e. The molecule has 0 aliphatic carbocycles. The molecule has 0 aliphatic rings. The molecule has 0 atom stereocenters. The number of benzene rings is 1. The molecule has 0 unspecified atom stereocenters. The van der Waals surface area contributed by atoms with Gasteiger partial charge in [-0.3, -0.25) is 4.79 Å². The number of aromatic hydroxyl groups is 1. The van der Waals surface area contributed by atoms with Crippen LogP contribution in [0.25, 0.3) is 0 Å². The minimum Gasteiger partial charge on any atom is -0.507 e. The SMILES string of the molecule is CCCCCCCC[N+](C)(CCCCCCCC)CCCCCCCC.O=C(S)c1ccccc1O. The predicted molar refractivity (Wildman–Crippen MR) is 162 cm³/mol. The van der Waals surface area contributed by atoms with Crippen LogP contribution in [-0.4, -0.2) is 41.4 Å². The molecule has 36 heavy (non-hydrogen) atoms. The molecule has 0 bridgehead atoms. The number of unbranched alkanes of at least 4 members (excludes halogenated alkanes) is 15. The molecule has 0 amide bonds. The lowest BCUT2D eigenvalue weighted by Crippen LogP contribution is -2.46. The van der Waals surface area contributed by atoms with Gasteiger partial charge in [-0.05, 0) is 50.7 Å². The second kappa shape index (κ2) is 24.3. The van der Waals surface area contributed by atoms with Crippen LogP contribution in [0.4, 0.5) is 0 Å². The van der Waals surface area contributed by atoms with Gasteiger partial charge < -0.3 is 9.59 Å². The van der Waals surface area contributed by atoms with Crippen molar-refractivity contribution < 1.29 is 14.4 Å². The van der Waals surface area contributed by atoms with E-state index in [9.17, 15) is 4.79 Å². The Morgan fingerprint density at radius 1 is 0.639 bits per heavy atom. The smallest absolute Gasteiger partial charge is 0.220 e. The van der Waals surface area contributed by atoms with E-state index in [0.29, 0.717) is 0 Å². The zero-order chi connectivity index (χ0) is 26.9. The Morgan fingerprint density at radius 2 is 0.972 bits per heavy atom. The number of quaternary nitrogens is 1. The van der Waals surface area contributed by atoms with Gasteiger partial charge in [0.2, 0.25) is 5.12 Å². The highest BCUT2D eigenvalue weighted by Crippen LogP contribution is 2.17. The van der Waals surface area contributed by atoms with Crippen molar-refractivity contribution in [1.29, 1.82) is 0 Å². The third-order valence-corrected chi connectivity index (χ3v) is 7.53. The van der Waals surface area contributed by atoms with Crippen LogP contribution in [0.5, 0.6) is 5.75 Å². The first-order chi connectivity index (χ1) is 17.4. The lowest BCUT2D eigenvalue weighted by Gasteiger charge is -2.35. The van der Waals surface area contributed by atoms with E-state index >= 15 is 0 Å². The zero-order valence-corrected chi connectivity index (χ0v) is 25.3. The van der Waals surface area contributed by atoms with Gasteiger partial charge >= 0.3 is 0 Å². The van der Waals surface area contributed by atoms with Gasteiger partial charge in [0, 0.05) is 0 Å². The van der Waals surface area contributed by atoms with E-state index in [-0.39, 0.29) is 11.3 Å². The van der Waals surface area contributed by atoms with Crippen molar-refractivity contribution in [3.8, 4) is 5.75 Å². The summed E-state index contributed by atoms with van der Waals surface area (Å²) in [5.41, 5.74) is 0.242. The Kier molecular flexibility index (Phi) is 23.7. The Morgan fingerprint density at radius 3 is 1.28 bits per heavy atom. The van der Waals surface area contributed by atoms with Crippen molar-refractivity contribution in [2.75, 3.05) is 26.7 Å². The fourth-order valence-corrected chi connectivity index (χ4v) is 5.00. The molecule has 0 aliphatic heterocycles. The summed E-state index contributed by atoms with van der Waals surface area (Å²) in [5, 5.41) is 8.59. The second-order valence-electron chi connectivity index (χ2n) is 10.9. The lowest BCUT2D eigenvalue weighted by molar-refractivity contribution is -0.910. The molecule has 0 fully saturated rings. The van der Waals surface area contributed by atoms with Gasteiger partial charge in [-0.15, -0.1) is 12.6 Å². The van der Waals surface area contributed by atoms with Gasteiger partial charge in [0.05, 0.1) is 32.2 Å². The second-order valence-corrected chi connectivity index (χ2v) is 11.3. The third kappa shape index (κ3) is 20.1. The van der Waals surface area contributed by atoms with E-state index in [2.05, 4.69) is 40.4 Å². The minimum atomic E-state index is -0.418. The quantitative estimate of drug-likeness (QED) is 0.0903. The molecule has 0 heterocycles. The minimum absolute atomic E-state index is 0.0255. The number of carbonyl (C=O) groups excluding carboxylic acids is 1. The molecule has 0 radical (unpaired) electrons. The van der Waals surface area contributed by atoms with Crippen LogP contribution in [-0.2, 0) is 0 Å². The number of hydrogen-bond acceptors (Lipinski definition) is 2. The molecule has 1 aromatic rings. The monoisotopic (exact) mass is 522 g/mol. The third-order valence-electron chi connectivity index (χ3n) is 7.29. The summed E-state index contributed by atoms with van der Waals surface area (Å²) in [6.45, 7) is 11.2. The summed E-state index contributed by atoms with van der Waals surface area (Å²) in [6.07, 6.45) is 25.9. The van der Waals surface area contributed by atoms with Gasteiger partial charge in [0.15, 0.2) is 0 Å². The number of hydrogen-bond donors (Lipinski definition) is 2. The zero-order valence-electron chi connectivity index (χ0n) is 24.4. The van der Waals surface area contributed by atoms with Gasteiger partial charge in [-0.2, -0.15) is 0 Å². The van der Waals surface area contributed by atoms with Crippen LogP contribution in [0.1, 0.15) is 147 Å². The van der Waals surface area contributed by atoms with Gasteiger partial charge in [0.25, 0.3) is 0 Å². The van der Waals surface area contributed by atoms with Crippen molar-refractivity contribution >= 4 is 17.7 Å². The number of phenolic OH excluding ortho intramolecular Hbond substituents is 1. The van der Waals surface area contributed by atoms with Crippen molar-refractivity contribution in [3.05, 3.63) is 29.8 Å². The van der Waals surface area contributed by atoms with Gasteiger partial charge in [0.1, 0.15) is 5.75 Å². The average molecular weight is 523 g/mol. The van der Waals surface area contributed by atoms with Crippen LogP contribution in [0.15, 0.2) is 24.3 Å². The normalized spacial score (nSPS) is 11.2. The Labute approximate surface area is 230 Å². The first-order valence-electron chi connectivity index (χ1n) is 15.2. The molecule has 0 aromatic heterocycles. The van der Waals surface area contributed by atoms with E-state index in [1.807, 2.05) is 0 Å². The van der Waals surface area contributed by atoms with Crippen LogP contribution in [0, 0.1) is 0 Å². The highest BCUT2D eigenvalue weighted by molar-refractivity contribution is 7.97. The van der Waals surface area contributed by atoms with Crippen molar-refractivity contribution in [3.63, 3.8) is 0 Å². The molecule has 0 spiro atoms. The highest BCUT2D eigenvalue weighted by Gasteiger charge is 2.20. The summed E-state index contributed by atoms with van der Waals surface area (Å²) in [6, 6.07) is 6.28. The number of phenols is 1. The Bertz CT molecular complexity index is 594. The average Bonchev–Trinajstić information content (AvgIpc) is 2.86. The molecular weight excluding hydrogens is 462 g/mol. The number of para-hydroxylation sites is 1. The summed E-state index contributed by atoms with van der Waals surface area (Å²) in [7, 11) is 2.56. The molecule has 0 saturated heterocycles. The maximum atomic E-state index is 10.6. The maximum Gasteiger partial charge on any atom is 0.220 e. The summed E-state index contributed by atoms with van der Waals surface area (Å²) in [4.78, 5) is 10.6. The first kappa shape index (κ1) is 35.0. The molecule has 3 nitrogen and oxygen atoms in total. The number of nitrogens with zero attached hydrogens (tertiary/aromatic N) is 1. The van der Waals surface area contributed by atoms with Crippen molar-refractivity contribution in [2.24, 2.45) is 0 Å². The summed E-state index contributed by atoms with van der Waals surface area (Å²) >= 11 is 3.56. The standard InChI is InChI=1S/C25H54N.C7H6O2S/c1-5-8-11-14-17-20-23-26(4,24-21-18-15-12-9-6-2)25-22-19-16-13-10-7-3;8-6-4-2-1-3-5(6)7(9)10/h5-25H2,1-4H3;1-4,8H,(H,9,10)/q+1;. The van der Waals surface area contributed by atoms with E-state index < -0.39 is 5.12 Å². The van der Waals surface area contributed by atoms with Crippen LogP contribution < -0.4 is 0 Å². The van der Waals surface area contributed by atoms with Crippen LogP contribution >= 0.6 is 12.6 Å². The fourth-order valence-electron chi connectivity index (χ4n) is 4.81.